The molecule has 0 amide bonds. The summed E-state index contributed by atoms with van der Waals surface area (Å²) in [5.74, 6) is 1.02. The minimum atomic E-state index is 0.518. The Kier molecular flexibility index (Phi) is 2.52. The van der Waals surface area contributed by atoms with Gasteiger partial charge < -0.3 is 10.1 Å². The van der Waals surface area contributed by atoms with Crippen molar-refractivity contribution in [2.75, 3.05) is 14.2 Å². The van der Waals surface area contributed by atoms with Gasteiger partial charge in [-0.3, -0.25) is 0 Å². The molecule has 1 atom stereocenters. The van der Waals surface area contributed by atoms with Crippen LogP contribution >= 0.6 is 0 Å². The van der Waals surface area contributed by atoms with Crippen molar-refractivity contribution in [3.63, 3.8) is 0 Å². The van der Waals surface area contributed by atoms with Gasteiger partial charge in [0.15, 0.2) is 0 Å². The lowest BCUT2D eigenvalue weighted by molar-refractivity contribution is 0.405. The van der Waals surface area contributed by atoms with Gasteiger partial charge in [-0.05, 0) is 42.3 Å². The van der Waals surface area contributed by atoms with E-state index in [-0.39, 0.29) is 0 Å². The Morgan fingerprint density at radius 1 is 1.18 bits per heavy atom. The van der Waals surface area contributed by atoms with E-state index >= 15 is 0 Å². The average molecular weight is 227 g/mol. The second-order valence-corrected chi connectivity index (χ2v) is 4.66. The first-order valence-electron chi connectivity index (χ1n) is 6.08. The van der Waals surface area contributed by atoms with E-state index in [0.717, 1.165) is 18.6 Å². The van der Waals surface area contributed by atoms with Crippen LogP contribution in [-0.4, -0.2) is 20.2 Å². The monoisotopic (exact) mass is 227 g/mol. The molecule has 2 aromatic rings. The summed E-state index contributed by atoms with van der Waals surface area (Å²) in [7, 11) is 3.79. The number of rotatable bonds is 2. The quantitative estimate of drug-likeness (QED) is 0.851. The van der Waals surface area contributed by atoms with Gasteiger partial charge in [0.2, 0.25) is 0 Å². The van der Waals surface area contributed by atoms with Crippen LogP contribution in [0, 0.1) is 0 Å². The summed E-state index contributed by atoms with van der Waals surface area (Å²) in [4.78, 5) is 0. The van der Waals surface area contributed by atoms with E-state index in [2.05, 4.69) is 35.6 Å². The number of likely N-dealkylation sites (N-methyl/N-ethyl adjacent to an activating group) is 1. The number of nitrogens with one attached hydrogen (secondary N) is 1. The highest BCUT2D eigenvalue weighted by atomic mass is 16.5. The maximum atomic E-state index is 5.50. The van der Waals surface area contributed by atoms with Gasteiger partial charge in [-0.2, -0.15) is 0 Å². The van der Waals surface area contributed by atoms with Crippen LogP contribution in [0.4, 0.5) is 0 Å². The minimum Gasteiger partial charge on any atom is -0.496 e. The normalized spacial score (nSPS) is 18.4. The second kappa shape index (κ2) is 4.04. The maximum absolute atomic E-state index is 5.50. The maximum Gasteiger partial charge on any atom is 0.122 e. The van der Waals surface area contributed by atoms with Gasteiger partial charge >= 0.3 is 0 Å². The Labute approximate surface area is 102 Å². The molecule has 1 N–H and O–H groups in total. The molecule has 0 aromatic heterocycles. The van der Waals surface area contributed by atoms with E-state index in [1.807, 2.05) is 7.05 Å². The molecule has 1 aliphatic carbocycles. The SMILES string of the molecule is CNC1Cc2cccc3ccc(OC)c(c23)C1. The number of methoxy groups -OCH3 is 1. The van der Waals surface area contributed by atoms with Crippen molar-refractivity contribution in [3.8, 4) is 5.75 Å². The molecule has 2 heteroatoms. The van der Waals surface area contributed by atoms with E-state index in [9.17, 15) is 0 Å². The molecule has 0 saturated carbocycles. The average Bonchev–Trinajstić information content (AvgIpc) is 2.39. The van der Waals surface area contributed by atoms with Crippen LogP contribution in [0.2, 0.25) is 0 Å². The fourth-order valence-electron chi connectivity index (χ4n) is 2.87. The summed E-state index contributed by atoms with van der Waals surface area (Å²) < 4.78 is 5.50. The van der Waals surface area contributed by atoms with Gasteiger partial charge in [-0.15, -0.1) is 0 Å². The zero-order valence-corrected chi connectivity index (χ0v) is 10.3. The van der Waals surface area contributed by atoms with E-state index in [4.69, 9.17) is 4.74 Å². The Balaban J connectivity index is 2.29. The zero-order chi connectivity index (χ0) is 11.8. The molecule has 0 bridgehead atoms. The van der Waals surface area contributed by atoms with Crippen molar-refractivity contribution >= 4 is 10.8 Å². The van der Waals surface area contributed by atoms with Gasteiger partial charge in [-0.1, -0.05) is 24.3 Å². The molecule has 2 aromatic carbocycles. The summed E-state index contributed by atoms with van der Waals surface area (Å²) in [5.41, 5.74) is 2.79. The molecule has 1 aliphatic rings. The van der Waals surface area contributed by atoms with E-state index in [1.165, 1.54) is 21.9 Å². The van der Waals surface area contributed by atoms with E-state index in [1.54, 1.807) is 7.11 Å². The van der Waals surface area contributed by atoms with Crippen LogP contribution in [0.25, 0.3) is 10.8 Å². The molecular weight excluding hydrogens is 210 g/mol. The summed E-state index contributed by atoms with van der Waals surface area (Å²) in [5, 5.41) is 6.11. The highest BCUT2D eigenvalue weighted by molar-refractivity contribution is 5.91. The van der Waals surface area contributed by atoms with Crippen LogP contribution in [-0.2, 0) is 12.8 Å². The molecule has 3 rings (SSSR count). The number of benzene rings is 2. The Bertz CT molecular complexity index is 562. The fourth-order valence-corrected chi connectivity index (χ4v) is 2.87. The molecular formula is C15H17NO. The van der Waals surface area contributed by atoms with Crippen LogP contribution in [0.3, 0.4) is 0 Å². The van der Waals surface area contributed by atoms with Crippen LogP contribution in [0.1, 0.15) is 11.1 Å². The van der Waals surface area contributed by atoms with Crippen LogP contribution in [0.5, 0.6) is 5.75 Å². The first-order chi connectivity index (χ1) is 8.33. The lowest BCUT2D eigenvalue weighted by atomic mass is 9.85. The molecule has 0 spiro atoms. The van der Waals surface area contributed by atoms with Crippen molar-refractivity contribution in [2.45, 2.75) is 18.9 Å². The van der Waals surface area contributed by atoms with Crippen LogP contribution in [0.15, 0.2) is 30.3 Å². The second-order valence-electron chi connectivity index (χ2n) is 4.66. The predicted molar refractivity (Wildman–Crippen MR) is 70.8 cm³/mol. The molecule has 0 heterocycles. The summed E-state index contributed by atoms with van der Waals surface area (Å²) >= 11 is 0. The topological polar surface area (TPSA) is 21.3 Å². The third-order valence-electron chi connectivity index (χ3n) is 3.74. The highest BCUT2D eigenvalue weighted by Gasteiger charge is 2.22. The number of ether oxygens (including phenoxy) is 1. The molecule has 0 saturated heterocycles. The van der Waals surface area contributed by atoms with Crippen molar-refractivity contribution in [1.29, 1.82) is 0 Å². The van der Waals surface area contributed by atoms with Crippen molar-refractivity contribution in [3.05, 3.63) is 41.5 Å². The lowest BCUT2D eigenvalue weighted by Crippen LogP contribution is -2.32. The zero-order valence-electron chi connectivity index (χ0n) is 10.3. The largest absolute Gasteiger partial charge is 0.496 e. The fraction of sp³-hybridized carbons (Fsp3) is 0.333. The van der Waals surface area contributed by atoms with Gasteiger partial charge in [0.05, 0.1) is 7.11 Å². The number of hydrogen-bond acceptors (Lipinski definition) is 2. The molecule has 2 nitrogen and oxygen atoms in total. The van der Waals surface area contributed by atoms with Crippen molar-refractivity contribution < 1.29 is 4.74 Å². The smallest absolute Gasteiger partial charge is 0.122 e. The van der Waals surface area contributed by atoms with Gasteiger partial charge in [0.25, 0.3) is 0 Å². The molecule has 17 heavy (non-hydrogen) atoms. The Morgan fingerprint density at radius 2 is 2.06 bits per heavy atom. The minimum absolute atomic E-state index is 0.518. The van der Waals surface area contributed by atoms with Gasteiger partial charge in [0.1, 0.15) is 5.75 Å². The first-order valence-corrected chi connectivity index (χ1v) is 6.08. The third kappa shape index (κ3) is 1.60. The Hall–Kier alpha value is -1.54. The van der Waals surface area contributed by atoms with Crippen molar-refractivity contribution in [2.24, 2.45) is 0 Å². The van der Waals surface area contributed by atoms with Crippen molar-refractivity contribution in [1.82, 2.24) is 5.32 Å². The molecule has 0 aliphatic heterocycles. The third-order valence-corrected chi connectivity index (χ3v) is 3.74. The molecule has 88 valence electrons. The standard InChI is InChI=1S/C15H17NO/c1-16-12-8-11-5-3-4-10-6-7-14(17-2)13(9-12)15(10)11/h3-7,12,16H,8-9H2,1-2H3. The molecule has 0 radical (unpaired) electrons. The predicted octanol–water partition coefficient (Wildman–Crippen LogP) is 2.54. The van der Waals surface area contributed by atoms with E-state index < -0.39 is 0 Å². The number of hydrogen-bond donors (Lipinski definition) is 1. The lowest BCUT2D eigenvalue weighted by Gasteiger charge is -2.26. The highest BCUT2D eigenvalue weighted by Crippen LogP contribution is 2.35. The molecule has 1 unspecified atom stereocenters. The summed E-state index contributed by atoms with van der Waals surface area (Å²) in [6.45, 7) is 0. The van der Waals surface area contributed by atoms with Gasteiger partial charge in [0, 0.05) is 11.6 Å². The summed E-state index contributed by atoms with van der Waals surface area (Å²) in [6.07, 6.45) is 2.15. The van der Waals surface area contributed by atoms with E-state index in [0.29, 0.717) is 6.04 Å². The first kappa shape index (κ1) is 10.6. The Morgan fingerprint density at radius 3 is 2.82 bits per heavy atom. The van der Waals surface area contributed by atoms with Gasteiger partial charge in [-0.25, -0.2) is 0 Å². The molecule has 0 fully saturated rings. The van der Waals surface area contributed by atoms with Crippen LogP contribution < -0.4 is 10.1 Å². The summed E-state index contributed by atoms with van der Waals surface area (Å²) in [6, 6.07) is 11.3.